The van der Waals surface area contributed by atoms with Crippen molar-refractivity contribution in [3.8, 4) is 0 Å². The molecule has 1 aliphatic carbocycles. The Kier molecular flexibility index (Phi) is 9.65. The summed E-state index contributed by atoms with van der Waals surface area (Å²) in [4.78, 5) is 6.97. The van der Waals surface area contributed by atoms with E-state index in [0.29, 0.717) is 11.5 Å². The van der Waals surface area contributed by atoms with Gasteiger partial charge in [0, 0.05) is 46.4 Å². The molecule has 5 nitrogen and oxygen atoms in total. The molecule has 3 rings (SSSR count). The van der Waals surface area contributed by atoms with Gasteiger partial charge >= 0.3 is 0 Å². The molecule has 1 saturated heterocycles. The number of piperidine rings is 1. The van der Waals surface area contributed by atoms with E-state index in [0.717, 1.165) is 51.5 Å². The normalized spacial score (nSPS) is 20.4. The lowest BCUT2D eigenvalue weighted by Crippen LogP contribution is -2.50. The maximum atomic E-state index is 5.35. The number of nitrogens with zero attached hydrogens (tertiary/aromatic N) is 2. The maximum absolute atomic E-state index is 5.35. The zero-order valence-corrected chi connectivity index (χ0v) is 19.9. The fourth-order valence-electron chi connectivity index (χ4n) is 4.31. The molecule has 0 spiro atoms. The third-order valence-corrected chi connectivity index (χ3v) is 6.94. The average Bonchev–Trinajstić information content (AvgIpc) is 3.37. The zero-order chi connectivity index (χ0) is 18.2. The highest BCUT2D eigenvalue weighted by Crippen LogP contribution is 2.40. The minimum Gasteiger partial charge on any atom is -0.385 e. The number of aliphatic imine (C=N–C) groups is 1. The van der Waals surface area contributed by atoms with Crippen LogP contribution in [-0.4, -0.2) is 52.4 Å². The van der Waals surface area contributed by atoms with Crippen LogP contribution in [0.4, 0.5) is 5.00 Å². The lowest BCUT2D eigenvalue weighted by molar-refractivity contribution is 0.138. The van der Waals surface area contributed by atoms with Crippen molar-refractivity contribution in [1.29, 1.82) is 0 Å². The predicted molar refractivity (Wildman–Crippen MR) is 127 cm³/mol. The summed E-state index contributed by atoms with van der Waals surface area (Å²) >= 11 is 1.84. The van der Waals surface area contributed by atoms with E-state index in [4.69, 9.17) is 4.74 Å². The van der Waals surface area contributed by atoms with Crippen LogP contribution in [0.5, 0.6) is 0 Å². The first-order valence-corrected chi connectivity index (χ1v) is 10.9. The molecule has 0 aromatic carbocycles. The number of ether oxygens (including phenoxy) is 1. The highest BCUT2D eigenvalue weighted by molar-refractivity contribution is 14.0. The molecular formula is C20H35IN4OS. The summed E-state index contributed by atoms with van der Waals surface area (Å²) in [5, 5.41) is 10.8. The van der Waals surface area contributed by atoms with Gasteiger partial charge in [0.2, 0.25) is 0 Å². The standard InChI is InChI=1S/C20H34N4OS.HI/c1-21-19(22-16-20(11-14-25-2)9-3-4-10-20)23-17-7-12-24(13-8-17)18-6-5-15-26-18;/h5-6,15,17H,3-4,7-14,16H2,1-2H3,(H2,21,22,23);1H. The van der Waals surface area contributed by atoms with Gasteiger partial charge in [0.25, 0.3) is 0 Å². The average molecular weight is 506 g/mol. The van der Waals surface area contributed by atoms with Crippen molar-refractivity contribution in [2.45, 2.75) is 51.0 Å². The molecule has 7 heteroatoms. The Balaban J connectivity index is 0.00000261. The molecule has 2 fully saturated rings. The van der Waals surface area contributed by atoms with Crippen LogP contribution in [-0.2, 0) is 4.74 Å². The van der Waals surface area contributed by atoms with Crippen LogP contribution in [0.15, 0.2) is 22.5 Å². The summed E-state index contributed by atoms with van der Waals surface area (Å²) in [5.41, 5.74) is 0.385. The van der Waals surface area contributed by atoms with Crippen molar-refractivity contribution in [2.75, 3.05) is 45.3 Å². The van der Waals surface area contributed by atoms with Crippen LogP contribution < -0.4 is 15.5 Å². The molecule has 1 saturated carbocycles. The zero-order valence-electron chi connectivity index (χ0n) is 16.7. The first-order chi connectivity index (χ1) is 12.7. The van der Waals surface area contributed by atoms with Crippen LogP contribution in [0.3, 0.4) is 0 Å². The van der Waals surface area contributed by atoms with Gasteiger partial charge in [-0.05, 0) is 55.0 Å². The molecule has 0 bridgehead atoms. The van der Waals surface area contributed by atoms with Crippen LogP contribution >= 0.6 is 35.3 Å². The van der Waals surface area contributed by atoms with E-state index >= 15 is 0 Å². The summed E-state index contributed by atoms with van der Waals surface area (Å²) in [7, 11) is 3.69. The van der Waals surface area contributed by atoms with E-state index in [9.17, 15) is 0 Å². The number of rotatable bonds is 7. The minimum absolute atomic E-state index is 0. The van der Waals surface area contributed by atoms with Crippen molar-refractivity contribution in [2.24, 2.45) is 10.4 Å². The fraction of sp³-hybridized carbons (Fsp3) is 0.750. The first-order valence-electron chi connectivity index (χ1n) is 9.99. The molecule has 0 atom stereocenters. The molecule has 2 aliphatic rings. The fourth-order valence-corrected chi connectivity index (χ4v) is 5.10. The second-order valence-electron chi connectivity index (χ2n) is 7.73. The number of nitrogens with one attached hydrogen (secondary N) is 2. The molecule has 2 N–H and O–H groups in total. The summed E-state index contributed by atoms with van der Waals surface area (Å²) in [6.07, 6.45) is 8.77. The van der Waals surface area contributed by atoms with E-state index in [1.807, 2.05) is 18.4 Å². The van der Waals surface area contributed by atoms with Gasteiger partial charge in [-0.15, -0.1) is 35.3 Å². The number of halogens is 1. The van der Waals surface area contributed by atoms with Crippen LogP contribution in [0.1, 0.15) is 44.9 Å². The highest BCUT2D eigenvalue weighted by atomic mass is 127. The number of hydrogen-bond acceptors (Lipinski definition) is 4. The Bertz CT molecular complexity index is 552. The van der Waals surface area contributed by atoms with Crippen molar-refractivity contribution >= 4 is 46.3 Å². The van der Waals surface area contributed by atoms with Crippen LogP contribution in [0, 0.1) is 5.41 Å². The lowest BCUT2D eigenvalue weighted by Gasteiger charge is -2.34. The van der Waals surface area contributed by atoms with Gasteiger partial charge in [-0.2, -0.15) is 0 Å². The minimum atomic E-state index is 0. The summed E-state index contributed by atoms with van der Waals surface area (Å²) in [6.45, 7) is 4.10. The molecule has 0 amide bonds. The molecule has 2 heterocycles. The van der Waals surface area contributed by atoms with Crippen molar-refractivity contribution in [1.82, 2.24) is 10.6 Å². The van der Waals surface area contributed by atoms with E-state index in [-0.39, 0.29) is 24.0 Å². The Morgan fingerprint density at radius 2 is 2.07 bits per heavy atom. The van der Waals surface area contributed by atoms with Gasteiger partial charge in [-0.3, -0.25) is 4.99 Å². The summed E-state index contributed by atoms with van der Waals surface area (Å²) in [5.74, 6) is 0.961. The number of hydrogen-bond donors (Lipinski definition) is 2. The largest absolute Gasteiger partial charge is 0.385 e. The molecular weight excluding hydrogens is 471 g/mol. The molecule has 27 heavy (non-hydrogen) atoms. The number of guanidine groups is 1. The van der Waals surface area contributed by atoms with Gasteiger partial charge < -0.3 is 20.3 Å². The molecule has 1 aromatic heterocycles. The number of thiophene rings is 1. The Morgan fingerprint density at radius 1 is 1.33 bits per heavy atom. The van der Waals surface area contributed by atoms with E-state index in [2.05, 4.69) is 38.0 Å². The van der Waals surface area contributed by atoms with Crippen LogP contribution in [0.25, 0.3) is 0 Å². The topological polar surface area (TPSA) is 48.9 Å². The molecule has 0 unspecified atom stereocenters. The molecule has 0 radical (unpaired) electrons. The Hall–Kier alpha value is -0.540. The molecule has 1 aliphatic heterocycles. The third kappa shape index (κ3) is 6.49. The van der Waals surface area contributed by atoms with Gasteiger partial charge in [-0.25, -0.2) is 0 Å². The monoisotopic (exact) mass is 506 g/mol. The SMILES string of the molecule is CN=C(NCC1(CCOC)CCCC1)NC1CCN(c2cccs2)CC1.I. The van der Waals surface area contributed by atoms with Crippen LogP contribution in [0.2, 0.25) is 0 Å². The van der Waals surface area contributed by atoms with E-state index < -0.39 is 0 Å². The quantitative estimate of drug-likeness (QED) is 0.332. The lowest BCUT2D eigenvalue weighted by atomic mass is 9.83. The predicted octanol–water partition coefficient (Wildman–Crippen LogP) is 4.10. The van der Waals surface area contributed by atoms with Gasteiger partial charge in [0.05, 0.1) is 5.00 Å². The van der Waals surface area contributed by atoms with Gasteiger partial charge in [0.1, 0.15) is 0 Å². The summed E-state index contributed by atoms with van der Waals surface area (Å²) in [6, 6.07) is 4.87. The smallest absolute Gasteiger partial charge is 0.191 e. The van der Waals surface area contributed by atoms with Crippen molar-refractivity contribution in [3.05, 3.63) is 17.5 Å². The van der Waals surface area contributed by atoms with Gasteiger partial charge in [-0.1, -0.05) is 12.8 Å². The second-order valence-corrected chi connectivity index (χ2v) is 8.66. The third-order valence-electron chi connectivity index (χ3n) is 6.01. The second kappa shape index (κ2) is 11.5. The summed E-state index contributed by atoms with van der Waals surface area (Å²) < 4.78 is 5.35. The van der Waals surface area contributed by atoms with E-state index in [1.54, 1.807) is 7.11 Å². The van der Waals surface area contributed by atoms with Crippen molar-refractivity contribution < 1.29 is 4.74 Å². The first kappa shape index (κ1) is 22.7. The Morgan fingerprint density at radius 3 is 2.67 bits per heavy atom. The highest BCUT2D eigenvalue weighted by Gasteiger charge is 2.33. The van der Waals surface area contributed by atoms with Gasteiger partial charge in [0.15, 0.2) is 5.96 Å². The van der Waals surface area contributed by atoms with Crippen molar-refractivity contribution in [3.63, 3.8) is 0 Å². The number of methoxy groups -OCH3 is 1. The molecule has 154 valence electrons. The molecule has 1 aromatic rings. The number of anilines is 1. The Labute approximate surface area is 185 Å². The maximum Gasteiger partial charge on any atom is 0.191 e. The van der Waals surface area contributed by atoms with E-state index in [1.165, 1.54) is 30.7 Å².